The number of rotatable bonds is 5. The second-order valence-corrected chi connectivity index (χ2v) is 6.84. The molecule has 2 fully saturated rings. The standard InChI is InChI=1S/C15H21N3O3S.ClH/c1-2-21-12(19)7-10-9-22-14(17-10)18-13(20)11-8-15(11)3-5-16-6-4-15;/h9,11,16H,2-8H2,1H3,(H,17,18,20);1H. The number of esters is 1. The maximum atomic E-state index is 12.3. The van der Waals surface area contributed by atoms with E-state index in [0.717, 1.165) is 32.4 Å². The summed E-state index contributed by atoms with van der Waals surface area (Å²) < 4.78 is 4.89. The van der Waals surface area contributed by atoms with Crippen LogP contribution in [0.25, 0.3) is 0 Å². The Balaban J connectivity index is 0.00000192. The highest BCUT2D eigenvalue weighted by atomic mass is 35.5. The molecule has 0 radical (unpaired) electrons. The molecule has 6 nitrogen and oxygen atoms in total. The van der Waals surface area contributed by atoms with Gasteiger partial charge in [-0.3, -0.25) is 9.59 Å². The molecule has 2 aliphatic rings. The van der Waals surface area contributed by atoms with E-state index in [9.17, 15) is 9.59 Å². The number of anilines is 1. The SMILES string of the molecule is CCOC(=O)Cc1csc(NC(=O)C2CC23CCNCC3)n1.Cl. The second-order valence-electron chi connectivity index (χ2n) is 5.98. The van der Waals surface area contributed by atoms with Crippen molar-refractivity contribution in [3.8, 4) is 0 Å². The molecule has 0 bridgehead atoms. The highest BCUT2D eigenvalue weighted by Gasteiger charge is 2.57. The lowest BCUT2D eigenvalue weighted by atomic mass is 9.92. The first-order valence-electron chi connectivity index (χ1n) is 7.74. The molecule has 1 amide bonds. The Bertz CT molecular complexity index is 572. The summed E-state index contributed by atoms with van der Waals surface area (Å²) in [5.74, 6) is -0.104. The Morgan fingerprint density at radius 2 is 2.22 bits per heavy atom. The number of hydrogen-bond donors (Lipinski definition) is 2. The molecule has 2 heterocycles. The van der Waals surface area contributed by atoms with Gasteiger partial charge in [-0.2, -0.15) is 0 Å². The summed E-state index contributed by atoms with van der Waals surface area (Å²) in [5.41, 5.74) is 0.867. The third-order valence-corrected chi connectivity index (χ3v) is 5.32. The van der Waals surface area contributed by atoms with Gasteiger partial charge in [0, 0.05) is 11.3 Å². The molecule has 1 atom stereocenters. The van der Waals surface area contributed by atoms with Crippen LogP contribution in [-0.4, -0.2) is 36.6 Å². The van der Waals surface area contributed by atoms with Crippen molar-refractivity contribution in [2.75, 3.05) is 25.0 Å². The molecule has 1 spiro atoms. The number of aromatic nitrogens is 1. The first-order valence-corrected chi connectivity index (χ1v) is 8.62. The number of piperidine rings is 1. The van der Waals surface area contributed by atoms with Crippen LogP contribution in [0.4, 0.5) is 5.13 Å². The number of ether oxygens (including phenoxy) is 1. The van der Waals surface area contributed by atoms with Crippen molar-refractivity contribution in [3.63, 3.8) is 0 Å². The van der Waals surface area contributed by atoms with Crippen LogP contribution in [0, 0.1) is 11.3 Å². The number of nitrogens with zero attached hydrogens (tertiary/aromatic N) is 1. The van der Waals surface area contributed by atoms with E-state index >= 15 is 0 Å². The fraction of sp³-hybridized carbons (Fsp3) is 0.667. The van der Waals surface area contributed by atoms with E-state index in [2.05, 4.69) is 15.6 Å². The zero-order valence-corrected chi connectivity index (χ0v) is 14.7. The molecule has 3 rings (SSSR count). The van der Waals surface area contributed by atoms with E-state index in [1.54, 1.807) is 12.3 Å². The molecule has 2 N–H and O–H groups in total. The molecule has 23 heavy (non-hydrogen) atoms. The predicted octanol–water partition coefficient (Wildman–Crippen LogP) is 2.00. The number of nitrogens with one attached hydrogen (secondary N) is 2. The van der Waals surface area contributed by atoms with Crippen LogP contribution >= 0.6 is 23.7 Å². The lowest BCUT2D eigenvalue weighted by Crippen LogP contribution is -2.31. The van der Waals surface area contributed by atoms with Crippen LogP contribution in [-0.2, 0) is 20.7 Å². The van der Waals surface area contributed by atoms with E-state index in [1.165, 1.54) is 11.3 Å². The summed E-state index contributed by atoms with van der Waals surface area (Å²) in [7, 11) is 0. The van der Waals surface area contributed by atoms with Gasteiger partial charge in [-0.1, -0.05) is 0 Å². The highest BCUT2D eigenvalue weighted by Crippen LogP contribution is 2.58. The number of amides is 1. The summed E-state index contributed by atoms with van der Waals surface area (Å²) in [4.78, 5) is 28.0. The highest BCUT2D eigenvalue weighted by molar-refractivity contribution is 7.13. The largest absolute Gasteiger partial charge is 0.466 e. The predicted molar refractivity (Wildman–Crippen MR) is 91.0 cm³/mol. The fourth-order valence-electron chi connectivity index (χ4n) is 3.19. The minimum atomic E-state index is -0.290. The second kappa shape index (κ2) is 7.59. The smallest absolute Gasteiger partial charge is 0.311 e. The van der Waals surface area contributed by atoms with Gasteiger partial charge in [0.1, 0.15) is 0 Å². The lowest BCUT2D eigenvalue weighted by molar-refractivity contribution is -0.142. The lowest BCUT2D eigenvalue weighted by Gasteiger charge is -2.22. The van der Waals surface area contributed by atoms with Crippen LogP contribution in [0.15, 0.2) is 5.38 Å². The number of thiazole rings is 1. The maximum Gasteiger partial charge on any atom is 0.311 e. The van der Waals surface area contributed by atoms with Gasteiger partial charge in [0.2, 0.25) is 5.91 Å². The molecule has 128 valence electrons. The Labute approximate surface area is 145 Å². The van der Waals surface area contributed by atoms with E-state index in [-0.39, 0.29) is 42.0 Å². The Morgan fingerprint density at radius 3 is 2.91 bits per heavy atom. The monoisotopic (exact) mass is 359 g/mol. The van der Waals surface area contributed by atoms with E-state index < -0.39 is 0 Å². The van der Waals surface area contributed by atoms with Gasteiger partial charge in [0.25, 0.3) is 0 Å². The molecule has 1 aliphatic heterocycles. The van der Waals surface area contributed by atoms with E-state index in [0.29, 0.717) is 17.4 Å². The molecule has 1 aromatic rings. The summed E-state index contributed by atoms with van der Waals surface area (Å²) in [6.45, 7) is 4.15. The summed E-state index contributed by atoms with van der Waals surface area (Å²) in [5, 5.41) is 8.59. The molecule has 1 aromatic heterocycles. The molecular formula is C15H22ClN3O3S. The first kappa shape index (κ1) is 18.2. The van der Waals surface area contributed by atoms with Crippen LogP contribution in [0.1, 0.15) is 31.9 Å². The van der Waals surface area contributed by atoms with Gasteiger partial charge in [0.05, 0.1) is 18.7 Å². The Hall–Kier alpha value is -1.18. The minimum Gasteiger partial charge on any atom is -0.466 e. The third-order valence-electron chi connectivity index (χ3n) is 4.52. The van der Waals surface area contributed by atoms with Crippen molar-refractivity contribution in [2.45, 2.75) is 32.6 Å². The molecule has 0 aromatic carbocycles. The van der Waals surface area contributed by atoms with Crippen LogP contribution in [0.2, 0.25) is 0 Å². The van der Waals surface area contributed by atoms with Gasteiger partial charge in [-0.05, 0) is 44.7 Å². The normalized spacial score (nSPS) is 21.3. The van der Waals surface area contributed by atoms with Crippen molar-refractivity contribution in [2.24, 2.45) is 11.3 Å². The topological polar surface area (TPSA) is 80.3 Å². The fourth-order valence-corrected chi connectivity index (χ4v) is 3.91. The molecule has 1 unspecified atom stereocenters. The number of halogens is 1. The van der Waals surface area contributed by atoms with Crippen molar-refractivity contribution in [1.82, 2.24) is 10.3 Å². The zero-order chi connectivity index (χ0) is 15.6. The molecular weight excluding hydrogens is 338 g/mol. The van der Waals surface area contributed by atoms with Gasteiger partial charge in [-0.15, -0.1) is 23.7 Å². The number of carbonyl (C=O) groups is 2. The van der Waals surface area contributed by atoms with Crippen LogP contribution < -0.4 is 10.6 Å². The van der Waals surface area contributed by atoms with Crippen molar-refractivity contribution in [1.29, 1.82) is 0 Å². The van der Waals surface area contributed by atoms with Crippen molar-refractivity contribution in [3.05, 3.63) is 11.1 Å². The average Bonchev–Trinajstić information content (AvgIpc) is 3.00. The quantitative estimate of drug-likeness (QED) is 0.786. The molecule has 1 aliphatic carbocycles. The van der Waals surface area contributed by atoms with Crippen molar-refractivity contribution < 1.29 is 14.3 Å². The number of carbonyl (C=O) groups excluding carboxylic acids is 2. The van der Waals surface area contributed by atoms with Crippen LogP contribution in [0.3, 0.4) is 0 Å². The molecule has 1 saturated heterocycles. The summed E-state index contributed by atoms with van der Waals surface area (Å²) in [6, 6.07) is 0. The van der Waals surface area contributed by atoms with Gasteiger partial charge < -0.3 is 15.4 Å². The molecule has 1 saturated carbocycles. The first-order chi connectivity index (χ1) is 10.6. The molecule has 8 heteroatoms. The van der Waals surface area contributed by atoms with Crippen LogP contribution in [0.5, 0.6) is 0 Å². The van der Waals surface area contributed by atoms with Gasteiger partial charge in [-0.25, -0.2) is 4.98 Å². The van der Waals surface area contributed by atoms with E-state index in [1.807, 2.05) is 0 Å². The maximum absolute atomic E-state index is 12.3. The zero-order valence-electron chi connectivity index (χ0n) is 13.1. The number of hydrogen-bond acceptors (Lipinski definition) is 6. The Morgan fingerprint density at radius 1 is 1.48 bits per heavy atom. The van der Waals surface area contributed by atoms with Gasteiger partial charge >= 0.3 is 5.97 Å². The van der Waals surface area contributed by atoms with Crippen molar-refractivity contribution >= 4 is 40.8 Å². The van der Waals surface area contributed by atoms with Gasteiger partial charge in [0.15, 0.2) is 5.13 Å². The van der Waals surface area contributed by atoms with E-state index in [4.69, 9.17) is 4.74 Å². The Kier molecular flexibility index (Phi) is 6.00. The summed E-state index contributed by atoms with van der Waals surface area (Å²) in [6.07, 6.45) is 3.30. The minimum absolute atomic E-state index is 0. The third kappa shape index (κ3) is 4.22. The average molecular weight is 360 g/mol. The summed E-state index contributed by atoms with van der Waals surface area (Å²) >= 11 is 1.36.